The summed E-state index contributed by atoms with van der Waals surface area (Å²) in [4.78, 5) is 10.3. The van der Waals surface area contributed by atoms with Crippen molar-refractivity contribution in [2.24, 2.45) is 0 Å². The summed E-state index contributed by atoms with van der Waals surface area (Å²) < 4.78 is 4.80. The summed E-state index contributed by atoms with van der Waals surface area (Å²) in [6, 6.07) is 0. The number of carboxylic acids is 1. The molecule has 0 atom stereocenters. The number of carbonyl (C=O) groups is 1. The van der Waals surface area contributed by atoms with E-state index in [9.17, 15) is 4.79 Å². The zero-order valence-electron chi connectivity index (χ0n) is 13.8. The molecule has 1 aliphatic heterocycles. The lowest BCUT2D eigenvalue weighted by Gasteiger charge is -2.02. The maximum atomic E-state index is 10.3. The second kappa shape index (κ2) is 12.4. The fourth-order valence-corrected chi connectivity index (χ4v) is 2.76. The highest BCUT2D eigenvalue weighted by molar-refractivity contribution is 5.66. The minimum Gasteiger partial charge on any atom is -0.481 e. The molecule has 2 N–H and O–H groups in total. The summed E-state index contributed by atoms with van der Waals surface area (Å²) in [7, 11) is 0. The monoisotopic (exact) mass is 312 g/mol. The third-order valence-corrected chi connectivity index (χ3v) is 4.21. The third-order valence-electron chi connectivity index (χ3n) is 4.21. The molecule has 0 spiro atoms. The van der Waals surface area contributed by atoms with Crippen molar-refractivity contribution in [3.8, 4) is 0 Å². The van der Waals surface area contributed by atoms with Crippen LogP contribution in [0.15, 0.2) is 11.7 Å². The molecule has 0 aromatic heterocycles. The fourth-order valence-electron chi connectivity index (χ4n) is 2.76. The quantitative estimate of drug-likeness (QED) is 0.360. The van der Waals surface area contributed by atoms with Crippen molar-refractivity contribution >= 4 is 5.97 Å². The van der Waals surface area contributed by atoms with Gasteiger partial charge in [0.15, 0.2) is 5.76 Å². The van der Waals surface area contributed by atoms with Crippen LogP contribution in [-0.2, 0) is 9.53 Å². The molecular formula is C18H32O4. The molecule has 0 aromatic rings. The van der Waals surface area contributed by atoms with Crippen LogP contribution in [0, 0.1) is 0 Å². The molecule has 0 unspecified atom stereocenters. The lowest BCUT2D eigenvalue weighted by molar-refractivity contribution is -0.137. The number of aliphatic carboxylic acids is 1. The molecule has 0 aliphatic carbocycles. The molecule has 128 valence electrons. The van der Waals surface area contributed by atoms with Crippen molar-refractivity contribution in [2.75, 3.05) is 0 Å². The van der Waals surface area contributed by atoms with Crippen LogP contribution in [0.2, 0.25) is 0 Å². The predicted octanol–water partition coefficient (Wildman–Crippen LogP) is 5.68. The van der Waals surface area contributed by atoms with Crippen LogP contribution in [0.1, 0.15) is 96.3 Å². The Bertz CT molecular complexity index is 336. The fraction of sp³-hybridized carbons (Fsp3) is 0.833. The Balaban J connectivity index is 1.65. The highest BCUT2D eigenvalue weighted by Crippen LogP contribution is 2.28. The van der Waals surface area contributed by atoms with Gasteiger partial charge in [-0.15, -0.1) is 0 Å². The second-order valence-electron chi connectivity index (χ2n) is 6.32. The summed E-state index contributed by atoms with van der Waals surface area (Å²) in [5.74, 6) is 0.279. The smallest absolute Gasteiger partial charge is 0.322 e. The van der Waals surface area contributed by atoms with E-state index in [2.05, 4.69) is 0 Å². The van der Waals surface area contributed by atoms with E-state index < -0.39 is 5.97 Å². The van der Waals surface area contributed by atoms with Gasteiger partial charge in [-0.3, -0.25) is 4.79 Å². The zero-order chi connectivity index (χ0) is 16.0. The first-order valence-electron chi connectivity index (χ1n) is 9.02. The van der Waals surface area contributed by atoms with E-state index in [0.717, 1.165) is 31.4 Å². The number of allylic oxidation sites excluding steroid dienone is 1. The molecule has 0 saturated heterocycles. The van der Waals surface area contributed by atoms with Gasteiger partial charge in [-0.1, -0.05) is 70.6 Å². The van der Waals surface area contributed by atoms with Crippen LogP contribution in [0.4, 0.5) is 0 Å². The van der Waals surface area contributed by atoms with Gasteiger partial charge in [0, 0.05) is 12.8 Å². The van der Waals surface area contributed by atoms with Gasteiger partial charge in [0.1, 0.15) is 0 Å². The number of hydrogen-bond donors (Lipinski definition) is 2. The average Bonchev–Trinajstić information content (AvgIpc) is 3.18. The average molecular weight is 312 g/mol. The molecule has 1 rings (SSSR count). The molecule has 1 aliphatic rings. The van der Waals surface area contributed by atoms with Crippen LogP contribution >= 0.6 is 0 Å². The highest BCUT2D eigenvalue weighted by atomic mass is 16.7. The van der Waals surface area contributed by atoms with Gasteiger partial charge in [0.2, 0.25) is 0 Å². The maximum absolute atomic E-state index is 10.3. The zero-order valence-corrected chi connectivity index (χ0v) is 13.8. The Morgan fingerprint density at radius 3 is 1.45 bits per heavy atom. The lowest BCUT2D eigenvalue weighted by Crippen LogP contribution is -1.93. The van der Waals surface area contributed by atoms with E-state index in [-0.39, 0.29) is 5.95 Å². The van der Waals surface area contributed by atoms with E-state index in [0.29, 0.717) is 6.42 Å². The SMILES string of the molecule is O=C(O)CCCCCCCCCCCCCCCC1=C(O)O1. The number of rotatable bonds is 16. The first-order valence-corrected chi connectivity index (χ1v) is 9.02. The van der Waals surface area contributed by atoms with Crippen molar-refractivity contribution in [1.82, 2.24) is 0 Å². The van der Waals surface area contributed by atoms with Gasteiger partial charge < -0.3 is 14.9 Å². The largest absolute Gasteiger partial charge is 0.481 e. The van der Waals surface area contributed by atoms with E-state index in [1.54, 1.807) is 0 Å². The number of carboxylic acid groups (broad SMARTS) is 1. The van der Waals surface area contributed by atoms with E-state index in [4.69, 9.17) is 14.9 Å². The van der Waals surface area contributed by atoms with Gasteiger partial charge >= 0.3 is 11.9 Å². The summed E-state index contributed by atoms with van der Waals surface area (Å²) in [6.45, 7) is 0. The molecule has 22 heavy (non-hydrogen) atoms. The normalized spacial score (nSPS) is 13.3. The molecule has 0 aromatic carbocycles. The van der Waals surface area contributed by atoms with Crippen molar-refractivity contribution in [2.45, 2.75) is 96.3 Å². The Kier molecular flexibility index (Phi) is 10.6. The number of aliphatic hydroxyl groups excluding tert-OH is 1. The summed E-state index contributed by atoms with van der Waals surface area (Å²) in [5, 5.41) is 17.4. The Morgan fingerprint density at radius 1 is 0.727 bits per heavy atom. The standard InChI is InChI=1S/C18H32O4/c19-17(20)15-13-11-9-7-5-3-1-2-4-6-8-10-12-14-16-18(21)22-16/h21H,1-15H2,(H,19,20). The second-order valence-corrected chi connectivity index (χ2v) is 6.32. The van der Waals surface area contributed by atoms with Crippen molar-refractivity contribution in [3.05, 3.63) is 11.7 Å². The Labute approximate surface area is 134 Å². The molecule has 0 amide bonds. The number of hydrogen-bond acceptors (Lipinski definition) is 3. The molecule has 0 fully saturated rings. The predicted molar refractivity (Wildman–Crippen MR) is 87.6 cm³/mol. The maximum Gasteiger partial charge on any atom is 0.322 e. The molecule has 1 heterocycles. The highest BCUT2D eigenvalue weighted by Gasteiger charge is 2.22. The molecular weight excluding hydrogens is 280 g/mol. The van der Waals surface area contributed by atoms with Gasteiger partial charge in [-0.2, -0.15) is 0 Å². The van der Waals surface area contributed by atoms with Gasteiger partial charge in [0.25, 0.3) is 0 Å². The number of aliphatic hydroxyl groups is 1. The van der Waals surface area contributed by atoms with Crippen LogP contribution in [-0.4, -0.2) is 16.2 Å². The molecule has 4 nitrogen and oxygen atoms in total. The van der Waals surface area contributed by atoms with Crippen molar-refractivity contribution < 1.29 is 19.7 Å². The lowest BCUT2D eigenvalue weighted by atomic mass is 10.0. The summed E-state index contributed by atoms with van der Waals surface area (Å²) in [6.07, 6.45) is 17.2. The minimum atomic E-state index is -0.670. The molecule has 0 saturated carbocycles. The van der Waals surface area contributed by atoms with Gasteiger partial charge in [-0.05, 0) is 12.8 Å². The summed E-state index contributed by atoms with van der Waals surface area (Å²) >= 11 is 0. The molecule has 4 heteroatoms. The number of ether oxygens (including phenoxy) is 1. The van der Waals surface area contributed by atoms with E-state index in [1.807, 2.05) is 0 Å². The first-order chi connectivity index (χ1) is 10.7. The van der Waals surface area contributed by atoms with Crippen LogP contribution < -0.4 is 0 Å². The van der Waals surface area contributed by atoms with E-state index >= 15 is 0 Å². The van der Waals surface area contributed by atoms with Gasteiger partial charge in [0.05, 0.1) is 0 Å². The first kappa shape index (κ1) is 18.9. The van der Waals surface area contributed by atoms with Crippen molar-refractivity contribution in [1.29, 1.82) is 0 Å². The van der Waals surface area contributed by atoms with Crippen LogP contribution in [0.25, 0.3) is 0 Å². The van der Waals surface area contributed by atoms with Crippen LogP contribution in [0.5, 0.6) is 0 Å². The topological polar surface area (TPSA) is 70.1 Å². The Morgan fingerprint density at radius 2 is 1.09 bits per heavy atom. The molecule has 0 radical (unpaired) electrons. The van der Waals surface area contributed by atoms with Crippen LogP contribution in [0.3, 0.4) is 0 Å². The molecule has 0 bridgehead atoms. The third kappa shape index (κ3) is 11.5. The van der Waals surface area contributed by atoms with Crippen molar-refractivity contribution in [3.63, 3.8) is 0 Å². The van der Waals surface area contributed by atoms with Gasteiger partial charge in [-0.25, -0.2) is 0 Å². The minimum absolute atomic E-state index is 0.155. The Hall–Kier alpha value is -1.19. The number of unbranched alkanes of at least 4 members (excludes halogenated alkanes) is 12. The van der Waals surface area contributed by atoms with E-state index in [1.165, 1.54) is 64.2 Å². The summed E-state index contributed by atoms with van der Waals surface area (Å²) in [5.41, 5.74) is 0.